The van der Waals surface area contributed by atoms with Gasteiger partial charge in [0.15, 0.2) is 5.78 Å². The van der Waals surface area contributed by atoms with Crippen molar-refractivity contribution in [1.29, 1.82) is 0 Å². The molecule has 2 N–H and O–H groups in total. The van der Waals surface area contributed by atoms with Crippen LogP contribution in [0.5, 0.6) is 0 Å². The van der Waals surface area contributed by atoms with Gasteiger partial charge in [0.1, 0.15) is 0 Å². The molecule has 3 saturated carbocycles. The van der Waals surface area contributed by atoms with Crippen LogP contribution in [0.2, 0.25) is 0 Å². The molecule has 0 aromatic carbocycles. The molecule has 1 spiro atoms. The molecule has 0 aliphatic heterocycles. The van der Waals surface area contributed by atoms with Crippen LogP contribution in [0.15, 0.2) is 23.8 Å². The Bertz CT molecular complexity index is 766. The van der Waals surface area contributed by atoms with Crippen molar-refractivity contribution in [3.63, 3.8) is 0 Å². The lowest BCUT2D eigenvalue weighted by atomic mass is 9.53. The largest absolute Gasteiger partial charge is 0.393 e. The minimum atomic E-state index is -0.947. The van der Waals surface area contributed by atoms with E-state index in [1.54, 1.807) is 0 Å². The maximum Gasteiger partial charge on any atom is 0.178 e. The van der Waals surface area contributed by atoms with Gasteiger partial charge in [0.25, 0.3) is 0 Å². The summed E-state index contributed by atoms with van der Waals surface area (Å²) < 4.78 is 0. The third-order valence-corrected chi connectivity index (χ3v) is 10.8. The number of aliphatic hydroxyl groups excluding tert-OH is 1. The summed E-state index contributed by atoms with van der Waals surface area (Å²) in [4.78, 5) is 11.9. The molecular formula is C28H44O3. The molecule has 0 saturated heterocycles. The van der Waals surface area contributed by atoms with Crippen molar-refractivity contribution in [3.8, 4) is 0 Å². The highest BCUT2D eigenvalue weighted by Gasteiger charge is 2.60. The van der Waals surface area contributed by atoms with E-state index in [-0.39, 0.29) is 23.7 Å². The molecule has 174 valence electrons. The highest BCUT2D eigenvalue weighted by atomic mass is 16.3. The summed E-state index contributed by atoms with van der Waals surface area (Å²) in [5.41, 5.74) is 0.888. The number of ketones is 1. The van der Waals surface area contributed by atoms with Gasteiger partial charge < -0.3 is 10.2 Å². The van der Waals surface area contributed by atoms with Crippen LogP contribution in [-0.2, 0) is 4.79 Å². The molecule has 4 aliphatic carbocycles. The Kier molecular flexibility index (Phi) is 6.10. The normalized spacial score (nSPS) is 42.5. The SMILES string of the molecule is CC1=CC(=O)C=CC12CCC1C2CCC2(C)C(C(C)CCC(O)(CO)C(C)C)CCC12. The molecule has 31 heavy (non-hydrogen) atoms. The second-order valence-corrected chi connectivity index (χ2v) is 12.2. The number of carbonyl (C=O) groups excluding carboxylic acids is 1. The molecule has 3 heteroatoms. The fourth-order valence-electron chi connectivity index (χ4n) is 8.58. The fraction of sp³-hybridized carbons (Fsp3) is 0.821. The first kappa shape index (κ1) is 23.2. The standard InChI is InChI=1S/C28H44O3/c1-18(2)28(31,17-29)15-8-19(3)23-6-7-24-22-10-14-27(13-9-21(30)16-20(27)4)25(22)11-12-26(23,24)5/h9,13,16,18-19,22-25,29,31H,6-8,10-12,14-15,17H2,1-5H3. The van der Waals surface area contributed by atoms with Crippen LogP contribution in [0.3, 0.4) is 0 Å². The summed E-state index contributed by atoms with van der Waals surface area (Å²) in [6.07, 6.45) is 15.4. The van der Waals surface area contributed by atoms with E-state index < -0.39 is 5.60 Å². The second kappa shape index (κ2) is 8.13. The van der Waals surface area contributed by atoms with E-state index in [1.807, 2.05) is 26.0 Å². The first-order valence-corrected chi connectivity index (χ1v) is 12.8. The first-order valence-electron chi connectivity index (χ1n) is 12.8. The van der Waals surface area contributed by atoms with Gasteiger partial charge in [-0.05, 0) is 111 Å². The molecule has 3 nitrogen and oxygen atoms in total. The van der Waals surface area contributed by atoms with E-state index in [4.69, 9.17) is 0 Å². The van der Waals surface area contributed by atoms with Crippen LogP contribution in [0.4, 0.5) is 0 Å². The Hall–Kier alpha value is -0.930. The van der Waals surface area contributed by atoms with E-state index in [2.05, 4.69) is 26.8 Å². The Labute approximate surface area is 189 Å². The van der Waals surface area contributed by atoms with Crippen molar-refractivity contribution in [2.45, 2.75) is 91.6 Å². The van der Waals surface area contributed by atoms with Crippen LogP contribution >= 0.6 is 0 Å². The number of hydrogen-bond acceptors (Lipinski definition) is 3. The molecular weight excluding hydrogens is 384 g/mol. The molecule has 4 aliphatic rings. The molecule has 8 unspecified atom stereocenters. The second-order valence-electron chi connectivity index (χ2n) is 12.2. The zero-order valence-electron chi connectivity index (χ0n) is 20.4. The van der Waals surface area contributed by atoms with E-state index >= 15 is 0 Å². The first-order chi connectivity index (χ1) is 14.6. The molecule has 0 amide bonds. The van der Waals surface area contributed by atoms with E-state index in [0.29, 0.717) is 29.6 Å². The third kappa shape index (κ3) is 3.59. The fourth-order valence-corrected chi connectivity index (χ4v) is 8.58. The van der Waals surface area contributed by atoms with Gasteiger partial charge in [0, 0.05) is 5.41 Å². The van der Waals surface area contributed by atoms with Crippen molar-refractivity contribution < 1.29 is 15.0 Å². The monoisotopic (exact) mass is 428 g/mol. The highest BCUT2D eigenvalue weighted by molar-refractivity contribution is 6.01. The smallest absolute Gasteiger partial charge is 0.178 e. The van der Waals surface area contributed by atoms with E-state index in [0.717, 1.165) is 18.3 Å². The summed E-state index contributed by atoms with van der Waals surface area (Å²) in [5, 5.41) is 20.6. The Morgan fingerprint density at radius 2 is 1.87 bits per heavy atom. The maximum absolute atomic E-state index is 11.9. The van der Waals surface area contributed by atoms with Crippen LogP contribution in [0.25, 0.3) is 0 Å². The molecule has 3 fully saturated rings. The number of carbonyl (C=O) groups is 1. The lowest BCUT2D eigenvalue weighted by Gasteiger charge is -2.51. The molecule has 0 aromatic heterocycles. The average molecular weight is 429 g/mol. The van der Waals surface area contributed by atoms with E-state index in [1.165, 1.54) is 44.1 Å². The van der Waals surface area contributed by atoms with Gasteiger partial charge in [-0.1, -0.05) is 39.3 Å². The molecule has 4 rings (SSSR count). The van der Waals surface area contributed by atoms with E-state index in [9.17, 15) is 15.0 Å². The summed E-state index contributed by atoms with van der Waals surface area (Å²) in [6.45, 7) is 11.0. The van der Waals surface area contributed by atoms with Gasteiger partial charge in [0.2, 0.25) is 0 Å². The summed E-state index contributed by atoms with van der Waals surface area (Å²) >= 11 is 0. The van der Waals surface area contributed by atoms with Gasteiger partial charge in [-0.3, -0.25) is 4.79 Å². The number of fused-ring (bicyclic) bond motifs is 4. The third-order valence-electron chi connectivity index (χ3n) is 10.8. The number of rotatable bonds is 6. The predicted molar refractivity (Wildman–Crippen MR) is 125 cm³/mol. The average Bonchev–Trinajstić information content (AvgIpc) is 3.27. The van der Waals surface area contributed by atoms with Gasteiger partial charge in [-0.15, -0.1) is 0 Å². The quantitative estimate of drug-likeness (QED) is 0.570. The molecule has 0 aromatic rings. The molecule has 0 heterocycles. The van der Waals surface area contributed by atoms with Crippen molar-refractivity contribution >= 4 is 5.78 Å². The summed E-state index contributed by atoms with van der Waals surface area (Å²) in [6, 6.07) is 0. The Balaban J connectivity index is 1.48. The van der Waals surface area contributed by atoms with Crippen molar-refractivity contribution in [1.82, 2.24) is 0 Å². The van der Waals surface area contributed by atoms with Crippen molar-refractivity contribution in [2.24, 2.45) is 46.3 Å². The number of hydrogen-bond donors (Lipinski definition) is 2. The molecule has 0 radical (unpaired) electrons. The highest BCUT2D eigenvalue weighted by Crippen LogP contribution is 2.68. The van der Waals surface area contributed by atoms with Gasteiger partial charge >= 0.3 is 0 Å². The summed E-state index contributed by atoms with van der Waals surface area (Å²) in [5.74, 6) is 3.79. The van der Waals surface area contributed by atoms with Crippen LogP contribution in [-0.4, -0.2) is 28.2 Å². The number of allylic oxidation sites excluding steroid dienone is 4. The van der Waals surface area contributed by atoms with Crippen molar-refractivity contribution in [2.75, 3.05) is 6.61 Å². The summed E-state index contributed by atoms with van der Waals surface area (Å²) in [7, 11) is 0. The van der Waals surface area contributed by atoms with Crippen LogP contribution in [0, 0.1) is 46.3 Å². The zero-order chi connectivity index (χ0) is 22.6. The number of aliphatic hydroxyl groups is 2. The van der Waals surface area contributed by atoms with Gasteiger partial charge in [0.05, 0.1) is 12.2 Å². The maximum atomic E-state index is 11.9. The lowest BCUT2D eigenvalue weighted by Crippen LogP contribution is -2.45. The topological polar surface area (TPSA) is 57.5 Å². The Morgan fingerprint density at radius 3 is 2.52 bits per heavy atom. The Morgan fingerprint density at radius 1 is 1.13 bits per heavy atom. The van der Waals surface area contributed by atoms with Crippen LogP contribution in [0.1, 0.15) is 86.0 Å². The van der Waals surface area contributed by atoms with Gasteiger partial charge in [-0.2, -0.15) is 0 Å². The minimum absolute atomic E-state index is 0.0773. The minimum Gasteiger partial charge on any atom is -0.393 e. The zero-order valence-corrected chi connectivity index (χ0v) is 20.4. The lowest BCUT2D eigenvalue weighted by molar-refractivity contribution is -0.110. The van der Waals surface area contributed by atoms with Gasteiger partial charge in [-0.25, -0.2) is 0 Å². The predicted octanol–water partition coefficient (Wildman–Crippen LogP) is 5.71. The van der Waals surface area contributed by atoms with Crippen molar-refractivity contribution in [3.05, 3.63) is 23.8 Å². The van der Waals surface area contributed by atoms with Crippen LogP contribution < -0.4 is 0 Å². The molecule has 0 bridgehead atoms. The molecule has 8 atom stereocenters.